The quantitative estimate of drug-likeness (QED) is 0.814. The number of hydrogen-bond donors (Lipinski definition) is 1. The molecule has 1 rings (SSSR count). The summed E-state index contributed by atoms with van der Waals surface area (Å²) in [6, 6.07) is 5.61. The first kappa shape index (κ1) is 17.8. The van der Waals surface area contributed by atoms with Crippen LogP contribution in [-0.4, -0.2) is 25.8 Å². The highest BCUT2D eigenvalue weighted by Gasteiger charge is 2.30. The van der Waals surface area contributed by atoms with Crippen LogP contribution in [0.4, 0.5) is 18.9 Å². The summed E-state index contributed by atoms with van der Waals surface area (Å²) in [5.41, 5.74) is 2.64. The molecule has 0 radical (unpaired) electrons. The number of benzene rings is 1. The van der Waals surface area contributed by atoms with E-state index >= 15 is 0 Å². The second-order valence-electron chi connectivity index (χ2n) is 5.79. The fraction of sp³-hybridized carbons (Fsp3) is 0.625. The van der Waals surface area contributed by atoms with E-state index in [0.717, 1.165) is 17.7 Å². The van der Waals surface area contributed by atoms with Gasteiger partial charge in [0.15, 0.2) is 0 Å². The van der Waals surface area contributed by atoms with E-state index in [2.05, 4.69) is 19.2 Å². The van der Waals surface area contributed by atoms with E-state index in [1.54, 1.807) is 13.0 Å². The second-order valence-corrected chi connectivity index (χ2v) is 5.79. The van der Waals surface area contributed by atoms with Crippen molar-refractivity contribution in [1.82, 2.24) is 5.32 Å². The van der Waals surface area contributed by atoms with E-state index in [0.29, 0.717) is 24.7 Å². The molecule has 1 aromatic rings. The summed E-state index contributed by atoms with van der Waals surface area (Å²) in [5, 5.41) is 3.30. The Hall–Kier alpha value is -1.23. The molecule has 1 aromatic carbocycles. The van der Waals surface area contributed by atoms with Crippen LogP contribution in [0, 0.1) is 12.8 Å². The number of halogens is 3. The maximum atomic E-state index is 12.7. The molecule has 0 unspecified atom stereocenters. The third-order valence-electron chi connectivity index (χ3n) is 3.20. The molecule has 1 N–H and O–H groups in total. The maximum absolute atomic E-state index is 12.7. The number of alkyl halides is 3. The minimum atomic E-state index is -4.19. The smallest absolute Gasteiger partial charge is 0.363 e. The summed E-state index contributed by atoms with van der Waals surface area (Å²) in [4.78, 5) is 1.38. The van der Waals surface area contributed by atoms with E-state index < -0.39 is 12.7 Å². The predicted molar refractivity (Wildman–Crippen MR) is 81.7 cm³/mol. The summed E-state index contributed by atoms with van der Waals surface area (Å²) < 4.78 is 38.1. The van der Waals surface area contributed by atoms with E-state index in [1.807, 2.05) is 19.1 Å². The molecule has 0 aliphatic rings. The van der Waals surface area contributed by atoms with Gasteiger partial charge in [0, 0.05) is 18.8 Å². The van der Waals surface area contributed by atoms with Gasteiger partial charge in [-0.05, 0) is 37.9 Å². The van der Waals surface area contributed by atoms with Gasteiger partial charge in [-0.2, -0.15) is 13.2 Å². The highest BCUT2D eigenvalue weighted by atomic mass is 19.4. The van der Waals surface area contributed by atoms with Gasteiger partial charge in [-0.1, -0.05) is 31.5 Å². The molecule has 0 aliphatic heterocycles. The largest absolute Gasteiger partial charge is 0.405 e. The molecule has 2 nitrogen and oxygen atoms in total. The van der Waals surface area contributed by atoms with Crippen LogP contribution in [0.5, 0.6) is 0 Å². The van der Waals surface area contributed by atoms with E-state index in [1.165, 1.54) is 4.90 Å². The fourth-order valence-electron chi connectivity index (χ4n) is 2.24. The van der Waals surface area contributed by atoms with Gasteiger partial charge in [-0.3, -0.25) is 0 Å². The Bertz CT molecular complexity index is 442. The molecule has 0 aromatic heterocycles. The van der Waals surface area contributed by atoms with Gasteiger partial charge in [0.2, 0.25) is 0 Å². The molecule has 0 atom stereocenters. The average molecular weight is 302 g/mol. The summed E-state index contributed by atoms with van der Waals surface area (Å²) in [6.45, 7) is 8.76. The van der Waals surface area contributed by atoms with Gasteiger partial charge < -0.3 is 10.2 Å². The van der Waals surface area contributed by atoms with Crippen molar-refractivity contribution in [2.24, 2.45) is 5.92 Å². The molecule has 0 aliphatic carbocycles. The van der Waals surface area contributed by atoms with Crippen LogP contribution < -0.4 is 10.2 Å². The molecular weight excluding hydrogens is 277 g/mol. The minimum absolute atomic E-state index is 0.333. The summed E-state index contributed by atoms with van der Waals surface area (Å²) in [5.74, 6) is 0.510. The Morgan fingerprint density at radius 1 is 1.24 bits per heavy atom. The molecule has 0 spiro atoms. The van der Waals surface area contributed by atoms with Crippen molar-refractivity contribution in [3.05, 3.63) is 29.3 Å². The minimum Gasteiger partial charge on any atom is -0.363 e. The van der Waals surface area contributed by atoms with Crippen molar-refractivity contribution in [3.8, 4) is 0 Å². The molecule has 0 fully saturated rings. The summed E-state index contributed by atoms with van der Waals surface area (Å²) in [6.07, 6.45) is -4.19. The number of rotatable bonds is 7. The topological polar surface area (TPSA) is 15.3 Å². The van der Waals surface area contributed by atoms with Crippen molar-refractivity contribution in [2.45, 2.75) is 40.4 Å². The third kappa shape index (κ3) is 6.38. The number of nitrogens with zero attached hydrogens (tertiary/aromatic N) is 1. The predicted octanol–water partition coefficient (Wildman–Crippen LogP) is 4.13. The van der Waals surface area contributed by atoms with E-state index in [-0.39, 0.29) is 0 Å². The number of hydrogen-bond acceptors (Lipinski definition) is 2. The van der Waals surface area contributed by atoms with Gasteiger partial charge in [0.05, 0.1) is 0 Å². The van der Waals surface area contributed by atoms with Gasteiger partial charge in [-0.15, -0.1) is 0 Å². The van der Waals surface area contributed by atoms with Gasteiger partial charge in [0.1, 0.15) is 6.54 Å². The van der Waals surface area contributed by atoms with Gasteiger partial charge in [-0.25, -0.2) is 0 Å². The molecule has 120 valence electrons. The molecule has 0 heterocycles. The van der Waals surface area contributed by atoms with Crippen LogP contribution >= 0.6 is 0 Å². The monoisotopic (exact) mass is 302 g/mol. The Morgan fingerprint density at radius 3 is 2.43 bits per heavy atom. The zero-order valence-corrected chi connectivity index (χ0v) is 13.2. The standard InChI is InChI=1S/C16H25F3N2/c1-5-21(11-16(17,18)19)15-7-6-13(4)8-14(15)10-20-9-12(2)3/h6-8,12,20H,5,9-11H2,1-4H3. The van der Waals surface area contributed by atoms with E-state index in [9.17, 15) is 13.2 Å². The zero-order chi connectivity index (χ0) is 16.0. The third-order valence-corrected chi connectivity index (χ3v) is 3.20. The second kappa shape index (κ2) is 7.69. The Morgan fingerprint density at radius 2 is 1.90 bits per heavy atom. The Kier molecular flexibility index (Phi) is 6.52. The summed E-state index contributed by atoms with van der Waals surface area (Å²) >= 11 is 0. The molecular formula is C16H25F3N2. The van der Waals surface area contributed by atoms with Crippen LogP contribution in [-0.2, 0) is 6.54 Å². The van der Waals surface area contributed by atoms with Crippen LogP contribution in [0.3, 0.4) is 0 Å². The van der Waals surface area contributed by atoms with E-state index in [4.69, 9.17) is 0 Å². The fourth-order valence-corrected chi connectivity index (χ4v) is 2.24. The average Bonchev–Trinajstić information content (AvgIpc) is 2.35. The zero-order valence-electron chi connectivity index (χ0n) is 13.2. The Labute approximate surface area is 125 Å². The Balaban J connectivity index is 2.93. The molecule has 21 heavy (non-hydrogen) atoms. The number of aryl methyl sites for hydroxylation is 1. The lowest BCUT2D eigenvalue weighted by molar-refractivity contribution is -0.119. The molecule has 0 saturated heterocycles. The maximum Gasteiger partial charge on any atom is 0.405 e. The first-order chi connectivity index (χ1) is 9.73. The number of anilines is 1. The van der Waals surface area contributed by atoms with Crippen molar-refractivity contribution in [2.75, 3.05) is 24.5 Å². The van der Waals surface area contributed by atoms with Gasteiger partial charge >= 0.3 is 6.18 Å². The van der Waals surface area contributed by atoms with Crippen molar-refractivity contribution in [3.63, 3.8) is 0 Å². The number of nitrogens with one attached hydrogen (secondary N) is 1. The van der Waals surface area contributed by atoms with Crippen LogP contribution in [0.1, 0.15) is 31.9 Å². The molecule has 0 saturated carbocycles. The lowest BCUT2D eigenvalue weighted by Crippen LogP contribution is -2.35. The van der Waals surface area contributed by atoms with Crippen LogP contribution in [0.25, 0.3) is 0 Å². The first-order valence-corrected chi connectivity index (χ1v) is 7.35. The van der Waals surface area contributed by atoms with Crippen LogP contribution in [0.2, 0.25) is 0 Å². The lowest BCUT2D eigenvalue weighted by atomic mass is 10.1. The van der Waals surface area contributed by atoms with Gasteiger partial charge in [0.25, 0.3) is 0 Å². The van der Waals surface area contributed by atoms with Crippen molar-refractivity contribution in [1.29, 1.82) is 0 Å². The first-order valence-electron chi connectivity index (χ1n) is 7.35. The molecule has 5 heteroatoms. The highest BCUT2D eigenvalue weighted by Crippen LogP contribution is 2.26. The lowest BCUT2D eigenvalue weighted by Gasteiger charge is -2.27. The van der Waals surface area contributed by atoms with Crippen LogP contribution in [0.15, 0.2) is 18.2 Å². The molecule has 0 amide bonds. The van der Waals surface area contributed by atoms with Crippen molar-refractivity contribution < 1.29 is 13.2 Å². The SMILES string of the molecule is CCN(CC(F)(F)F)c1ccc(C)cc1CNCC(C)C. The normalized spacial score (nSPS) is 12.0. The highest BCUT2D eigenvalue weighted by molar-refractivity contribution is 5.55. The summed E-state index contributed by atoms with van der Waals surface area (Å²) in [7, 11) is 0. The van der Waals surface area contributed by atoms with Crippen molar-refractivity contribution >= 4 is 5.69 Å². The molecule has 0 bridgehead atoms.